The minimum Gasteiger partial charge on any atom is -0.173 e. The highest BCUT2D eigenvalue weighted by Crippen LogP contribution is 2.25. The van der Waals surface area contributed by atoms with E-state index in [0.717, 1.165) is 16.7 Å². The van der Waals surface area contributed by atoms with Gasteiger partial charge >= 0.3 is 0 Å². The minimum atomic E-state index is 0.463. The van der Waals surface area contributed by atoms with Crippen LogP contribution in [0.25, 0.3) is 0 Å². The lowest BCUT2D eigenvalue weighted by Gasteiger charge is -2.16. The average molecular weight is 445 g/mol. The van der Waals surface area contributed by atoms with E-state index in [1.807, 2.05) is 0 Å². The van der Waals surface area contributed by atoms with Crippen LogP contribution in [-0.4, -0.2) is 22.8 Å². The van der Waals surface area contributed by atoms with Crippen molar-refractivity contribution >= 4 is 38.8 Å². The Morgan fingerprint density at radius 2 is 1.14 bits per heavy atom. The Morgan fingerprint density at radius 1 is 0.690 bits per heavy atom. The van der Waals surface area contributed by atoms with Gasteiger partial charge in [0.1, 0.15) is 0 Å². The Bertz CT molecular complexity index is 1040. The van der Waals surface area contributed by atoms with E-state index in [-0.39, 0.29) is 0 Å². The first-order chi connectivity index (χ1) is 14.0. The zero-order valence-corrected chi connectivity index (χ0v) is 17.0. The molecule has 0 bridgehead atoms. The van der Waals surface area contributed by atoms with Crippen molar-refractivity contribution in [1.29, 1.82) is 21.0 Å². The second-order valence-corrected chi connectivity index (χ2v) is 6.75. The molecular formula is C20H13BrN8. The summed E-state index contributed by atoms with van der Waals surface area (Å²) in [6.45, 7) is 1.80. The molecule has 0 saturated carbocycles. The summed E-state index contributed by atoms with van der Waals surface area (Å²) in [7, 11) is 0. The summed E-state index contributed by atoms with van der Waals surface area (Å²) in [5.74, 6) is 0. The summed E-state index contributed by atoms with van der Waals surface area (Å²) in [4.78, 5) is 15.2. The molecule has 0 radical (unpaired) electrons. The number of nitrogens with zero attached hydrogens (tertiary/aromatic N) is 8. The fourth-order valence-corrected chi connectivity index (χ4v) is 3.24. The molecule has 0 aromatic heterocycles. The van der Waals surface area contributed by atoms with Gasteiger partial charge in [0.15, 0.2) is 0 Å². The predicted molar refractivity (Wildman–Crippen MR) is 113 cm³/mol. The van der Waals surface area contributed by atoms with Gasteiger partial charge < -0.3 is 0 Å². The molecule has 0 heterocycles. The normalized spacial score (nSPS) is 21.4. The fourth-order valence-electron chi connectivity index (χ4n) is 2.82. The molecule has 0 unspecified atom stereocenters. The minimum absolute atomic E-state index is 0.463. The van der Waals surface area contributed by atoms with E-state index in [1.54, 1.807) is 56.0 Å². The first-order valence-corrected chi connectivity index (χ1v) is 9.18. The van der Waals surface area contributed by atoms with Gasteiger partial charge in [-0.1, -0.05) is 0 Å². The molecule has 140 valence electrons. The van der Waals surface area contributed by atoms with Gasteiger partial charge in [0.05, 0.1) is 22.8 Å². The van der Waals surface area contributed by atoms with Crippen LogP contribution in [0, 0.1) is 45.8 Å². The van der Waals surface area contributed by atoms with E-state index < -0.39 is 0 Å². The van der Waals surface area contributed by atoms with Crippen LogP contribution in [0.4, 0.5) is 0 Å². The number of nitriles is 4. The Morgan fingerprint density at radius 3 is 1.69 bits per heavy atom. The summed E-state index contributed by atoms with van der Waals surface area (Å²) in [5, 5.41) is 35.5. The molecule has 2 rings (SSSR count). The molecule has 0 aliphatic heterocycles. The first-order valence-electron chi connectivity index (χ1n) is 8.39. The summed E-state index contributed by atoms with van der Waals surface area (Å²) in [6, 6.07) is 0. The molecule has 0 fully saturated rings. The number of rotatable bonds is 4. The summed E-state index contributed by atoms with van der Waals surface area (Å²) < 4.78 is 0.577. The van der Waals surface area contributed by atoms with Crippen LogP contribution in [0.1, 0.15) is 26.2 Å². The van der Waals surface area contributed by atoms with Crippen molar-refractivity contribution in [2.24, 2.45) is 20.0 Å². The quantitative estimate of drug-likeness (QED) is 0.476. The molecule has 29 heavy (non-hydrogen) atoms. The number of hydrogen-bond donors (Lipinski definition) is 0. The molecule has 8 nitrogen and oxygen atoms in total. The van der Waals surface area contributed by atoms with Crippen molar-refractivity contribution < 1.29 is 0 Å². The Kier molecular flexibility index (Phi) is 7.68. The van der Waals surface area contributed by atoms with Crippen LogP contribution >= 0.6 is 15.9 Å². The topological polar surface area (TPSA) is 145 Å². The van der Waals surface area contributed by atoms with Gasteiger partial charge in [0, 0.05) is 4.48 Å². The van der Waals surface area contributed by atoms with Crippen molar-refractivity contribution in [2.75, 3.05) is 0 Å². The second kappa shape index (κ2) is 10.4. The number of aliphatic imine (C=N–C) groups is 4. The van der Waals surface area contributed by atoms with E-state index in [4.69, 9.17) is 21.0 Å². The number of allylic oxidation sites excluding steroid dienone is 8. The van der Waals surface area contributed by atoms with Crippen LogP contribution in [-0.2, 0) is 0 Å². The van der Waals surface area contributed by atoms with Gasteiger partial charge in [-0.05, 0) is 83.1 Å². The maximum atomic E-state index is 8.94. The molecule has 0 atom stereocenters. The van der Waals surface area contributed by atoms with E-state index in [1.165, 1.54) is 0 Å². The van der Waals surface area contributed by atoms with E-state index in [2.05, 4.69) is 35.9 Å². The first kappa shape index (κ1) is 21.4. The zero-order valence-electron chi connectivity index (χ0n) is 15.4. The SMILES string of the molecule is CC1=CC(=NC#N)C(CCCC2=CC(=NC#N)C(Br)=CC2=NC#N)=CC1=NC#N. The Labute approximate surface area is 176 Å². The number of hydrogen-bond acceptors (Lipinski definition) is 8. The summed E-state index contributed by atoms with van der Waals surface area (Å²) in [5.41, 5.74) is 4.38. The lowest BCUT2D eigenvalue weighted by atomic mass is 9.91. The largest absolute Gasteiger partial charge is 0.206 e. The Hall–Kier alpha value is -3.92. The highest BCUT2D eigenvalue weighted by Gasteiger charge is 2.18. The van der Waals surface area contributed by atoms with Crippen LogP contribution < -0.4 is 0 Å². The molecule has 0 aromatic carbocycles. The van der Waals surface area contributed by atoms with E-state index >= 15 is 0 Å². The van der Waals surface area contributed by atoms with Gasteiger partial charge in [-0.3, -0.25) is 0 Å². The zero-order chi connectivity index (χ0) is 21.2. The van der Waals surface area contributed by atoms with Gasteiger partial charge in [-0.2, -0.15) is 41.0 Å². The molecule has 0 aromatic rings. The highest BCUT2D eigenvalue weighted by atomic mass is 79.9. The van der Waals surface area contributed by atoms with Gasteiger partial charge in [-0.15, -0.1) is 0 Å². The maximum absolute atomic E-state index is 8.94. The molecule has 2 aliphatic carbocycles. The second-order valence-electron chi connectivity index (χ2n) is 5.90. The fraction of sp³-hybridized carbons (Fsp3) is 0.200. The molecule has 0 N–H and O–H groups in total. The predicted octanol–water partition coefficient (Wildman–Crippen LogP) is 3.95. The highest BCUT2D eigenvalue weighted by molar-refractivity contribution is 9.12. The lowest BCUT2D eigenvalue weighted by molar-refractivity contribution is 0.839. The van der Waals surface area contributed by atoms with E-state index in [0.29, 0.717) is 46.6 Å². The average Bonchev–Trinajstić information content (AvgIpc) is 2.69. The van der Waals surface area contributed by atoms with Crippen LogP contribution in [0.5, 0.6) is 0 Å². The van der Waals surface area contributed by atoms with Gasteiger partial charge in [0.25, 0.3) is 0 Å². The lowest BCUT2D eigenvalue weighted by Crippen LogP contribution is -2.13. The molecule has 0 amide bonds. The van der Waals surface area contributed by atoms with Crippen molar-refractivity contribution in [3.05, 3.63) is 45.5 Å². The summed E-state index contributed by atoms with van der Waals surface area (Å²) >= 11 is 3.32. The monoisotopic (exact) mass is 444 g/mol. The molecular weight excluding hydrogens is 432 g/mol. The van der Waals surface area contributed by atoms with Crippen LogP contribution in [0.2, 0.25) is 0 Å². The van der Waals surface area contributed by atoms with Gasteiger partial charge in [-0.25, -0.2) is 0 Å². The Balaban J connectivity index is 2.23. The third-order valence-corrected chi connectivity index (χ3v) is 4.75. The smallest absolute Gasteiger partial charge is 0.173 e. The third-order valence-electron chi connectivity index (χ3n) is 4.12. The number of halogens is 1. The van der Waals surface area contributed by atoms with Crippen LogP contribution in [0.15, 0.2) is 65.5 Å². The third kappa shape index (κ3) is 5.53. The van der Waals surface area contributed by atoms with Crippen molar-refractivity contribution in [3.63, 3.8) is 0 Å². The molecule has 0 saturated heterocycles. The van der Waals surface area contributed by atoms with E-state index in [9.17, 15) is 0 Å². The van der Waals surface area contributed by atoms with Crippen molar-refractivity contribution in [1.82, 2.24) is 0 Å². The van der Waals surface area contributed by atoms with Crippen molar-refractivity contribution in [2.45, 2.75) is 26.2 Å². The molecule has 9 heteroatoms. The molecule has 2 aliphatic rings. The van der Waals surface area contributed by atoms with Gasteiger partial charge in [0.2, 0.25) is 24.8 Å². The summed E-state index contributed by atoms with van der Waals surface area (Å²) in [6.07, 6.45) is 15.7. The standard InChI is InChI=1S/C20H13BrN8/c1-13-5-18(27-10-23)14(6-17(13)26-9-22)3-2-4-15-7-20(29-12-25)16(21)8-19(15)28-11-24/h5-8H,2-4H2,1H3. The molecule has 0 spiro atoms. The van der Waals surface area contributed by atoms with Crippen molar-refractivity contribution in [3.8, 4) is 24.8 Å². The van der Waals surface area contributed by atoms with Crippen LogP contribution in [0.3, 0.4) is 0 Å². The maximum Gasteiger partial charge on any atom is 0.206 e.